The van der Waals surface area contributed by atoms with E-state index in [-0.39, 0.29) is 12.6 Å². The van der Waals surface area contributed by atoms with E-state index in [9.17, 15) is 4.79 Å². The second-order valence-corrected chi connectivity index (χ2v) is 5.87. The molecular weight excluding hydrogens is 280 g/mol. The van der Waals surface area contributed by atoms with Gasteiger partial charge in [-0.3, -0.25) is 0 Å². The van der Waals surface area contributed by atoms with Crippen LogP contribution in [0, 0.1) is 12.8 Å². The Hall–Kier alpha value is -1.75. The van der Waals surface area contributed by atoms with E-state index in [4.69, 9.17) is 9.84 Å². The molecule has 5 heteroatoms. The number of amides is 2. The first kappa shape index (κ1) is 16.6. The first-order valence-corrected chi connectivity index (χ1v) is 8.04. The summed E-state index contributed by atoms with van der Waals surface area (Å²) in [5, 5.41) is 12.1. The van der Waals surface area contributed by atoms with E-state index in [0.29, 0.717) is 25.6 Å². The Bertz CT molecular complexity index is 497. The van der Waals surface area contributed by atoms with Gasteiger partial charge in [-0.05, 0) is 55.9 Å². The van der Waals surface area contributed by atoms with E-state index in [2.05, 4.69) is 12.2 Å². The zero-order chi connectivity index (χ0) is 15.9. The number of nitrogens with zero attached hydrogens (tertiary/aromatic N) is 1. The Balaban J connectivity index is 1.91. The topological polar surface area (TPSA) is 61.8 Å². The third-order valence-electron chi connectivity index (χ3n) is 4.07. The molecule has 0 aliphatic carbocycles. The number of urea groups is 1. The van der Waals surface area contributed by atoms with Crippen LogP contribution in [0.4, 0.5) is 10.5 Å². The van der Waals surface area contributed by atoms with Gasteiger partial charge in [0.05, 0.1) is 6.61 Å². The minimum absolute atomic E-state index is 0.0679. The second-order valence-electron chi connectivity index (χ2n) is 5.87. The van der Waals surface area contributed by atoms with Gasteiger partial charge >= 0.3 is 6.03 Å². The van der Waals surface area contributed by atoms with Crippen molar-refractivity contribution in [1.29, 1.82) is 0 Å². The molecule has 1 heterocycles. The first-order chi connectivity index (χ1) is 10.6. The number of aliphatic hydroxyl groups is 1. The van der Waals surface area contributed by atoms with Gasteiger partial charge in [0.1, 0.15) is 5.75 Å². The molecule has 22 heavy (non-hydrogen) atoms. The highest BCUT2D eigenvalue weighted by molar-refractivity contribution is 5.90. The fourth-order valence-corrected chi connectivity index (χ4v) is 2.60. The monoisotopic (exact) mass is 306 g/mol. The highest BCUT2D eigenvalue weighted by Crippen LogP contribution is 2.23. The van der Waals surface area contributed by atoms with Crippen LogP contribution in [0.2, 0.25) is 0 Å². The maximum absolute atomic E-state index is 12.3. The summed E-state index contributed by atoms with van der Waals surface area (Å²) >= 11 is 0. The molecule has 1 aliphatic rings. The molecular formula is C17H26N2O3. The van der Waals surface area contributed by atoms with E-state index in [1.54, 1.807) is 0 Å². The van der Waals surface area contributed by atoms with Crippen molar-refractivity contribution in [3.8, 4) is 5.75 Å². The first-order valence-electron chi connectivity index (χ1n) is 8.04. The summed E-state index contributed by atoms with van der Waals surface area (Å²) < 4.78 is 5.59. The van der Waals surface area contributed by atoms with Crippen LogP contribution in [0.25, 0.3) is 0 Å². The summed E-state index contributed by atoms with van der Waals surface area (Å²) in [6.07, 6.45) is 2.71. The fourth-order valence-electron chi connectivity index (χ4n) is 2.60. The molecule has 0 radical (unpaired) electrons. The maximum Gasteiger partial charge on any atom is 0.321 e. The third kappa shape index (κ3) is 4.37. The molecule has 122 valence electrons. The van der Waals surface area contributed by atoms with Gasteiger partial charge in [-0.1, -0.05) is 6.92 Å². The number of likely N-dealkylation sites (tertiary alicyclic amines) is 1. The molecule has 0 aromatic heterocycles. The molecule has 1 aromatic rings. The largest absolute Gasteiger partial charge is 0.494 e. The number of ether oxygens (including phenoxy) is 1. The maximum atomic E-state index is 12.3. The number of aliphatic hydroxyl groups excluding tert-OH is 1. The number of piperidine rings is 1. The van der Waals surface area contributed by atoms with Crippen LogP contribution in [-0.4, -0.2) is 42.3 Å². The van der Waals surface area contributed by atoms with Crippen molar-refractivity contribution in [3.63, 3.8) is 0 Å². The predicted octanol–water partition coefficient (Wildman–Crippen LogP) is 3.02. The quantitative estimate of drug-likeness (QED) is 0.879. The highest BCUT2D eigenvalue weighted by atomic mass is 16.5. The number of rotatable bonds is 5. The van der Waals surface area contributed by atoms with Crippen molar-refractivity contribution in [1.82, 2.24) is 4.90 Å². The molecule has 0 atom stereocenters. The second kappa shape index (κ2) is 8.03. The van der Waals surface area contributed by atoms with Gasteiger partial charge in [-0.25, -0.2) is 4.79 Å². The Morgan fingerprint density at radius 3 is 2.73 bits per heavy atom. The van der Waals surface area contributed by atoms with Crippen molar-refractivity contribution in [2.75, 3.05) is 31.6 Å². The van der Waals surface area contributed by atoms with Crippen LogP contribution in [0.1, 0.15) is 31.7 Å². The fraction of sp³-hybridized carbons (Fsp3) is 0.588. The van der Waals surface area contributed by atoms with Crippen molar-refractivity contribution in [2.24, 2.45) is 5.92 Å². The number of benzene rings is 1. The summed E-state index contributed by atoms with van der Waals surface area (Å²) in [6.45, 7) is 6.36. The molecule has 0 saturated carbocycles. The van der Waals surface area contributed by atoms with Gasteiger partial charge in [0, 0.05) is 25.4 Å². The van der Waals surface area contributed by atoms with Crippen molar-refractivity contribution < 1.29 is 14.6 Å². The number of nitrogens with one attached hydrogen (secondary N) is 1. The minimum atomic E-state index is -0.0679. The number of aryl methyl sites for hydroxylation is 1. The van der Waals surface area contributed by atoms with Gasteiger partial charge in [0.2, 0.25) is 0 Å². The van der Waals surface area contributed by atoms with E-state index >= 15 is 0 Å². The molecule has 1 aliphatic heterocycles. The average Bonchev–Trinajstić information content (AvgIpc) is 2.55. The van der Waals surface area contributed by atoms with Crippen molar-refractivity contribution >= 4 is 11.7 Å². The number of hydrogen-bond donors (Lipinski definition) is 2. The Labute approximate surface area is 132 Å². The van der Waals surface area contributed by atoms with Crippen LogP contribution in [-0.2, 0) is 0 Å². The molecule has 0 bridgehead atoms. The zero-order valence-electron chi connectivity index (χ0n) is 13.5. The molecule has 1 saturated heterocycles. The molecule has 2 amide bonds. The van der Waals surface area contributed by atoms with E-state index in [0.717, 1.165) is 36.3 Å². The van der Waals surface area contributed by atoms with Crippen LogP contribution >= 0.6 is 0 Å². The standard InChI is InChI=1S/C17H26N2O3/c1-3-10-22-15-4-5-16(13(2)11-15)18-17(21)19-8-6-14(12-20)7-9-19/h4-5,11,14,20H,3,6-10,12H2,1-2H3,(H,18,21). The summed E-state index contributed by atoms with van der Waals surface area (Å²) in [7, 11) is 0. The smallest absolute Gasteiger partial charge is 0.321 e. The summed E-state index contributed by atoms with van der Waals surface area (Å²) in [6, 6.07) is 5.65. The normalized spacial score (nSPS) is 15.7. The molecule has 5 nitrogen and oxygen atoms in total. The predicted molar refractivity (Wildman–Crippen MR) is 87.4 cm³/mol. The lowest BCUT2D eigenvalue weighted by molar-refractivity contribution is 0.143. The molecule has 0 unspecified atom stereocenters. The minimum Gasteiger partial charge on any atom is -0.494 e. The molecule has 2 rings (SSSR count). The van der Waals surface area contributed by atoms with Gasteiger partial charge in [-0.15, -0.1) is 0 Å². The van der Waals surface area contributed by atoms with Crippen LogP contribution in [0.15, 0.2) is 18.2 Å². The number of carbonyl (C=O) groups is 1. The van der Waals surface area contributed by atoms with Crippen LogP contribution < -0.4 is 10.1 Å². The average molecular weight is 306 g/mol. The lowest BCUT2D eigenvalue weighted by Crippen LogP contribution is -2.41. The zero-order valence-corrected chi connectivity index (χ0v) is 13.5. The number of anilines is 1. The molecule has 2 N–H and O–H groups in total. The van der Waals surface area contributed by atoms with Gasteiger partial charge < -0.3 is 20.1 Å². The SMILES string of the molecule is CCCOc1ccc(NC(=O)N2CCC(CO)CC2)c(C)c1. The van der Waals surface area contributed by atoms with Gasteiger partial charge in [0.25, 0.3) is 0 Å². The summed E-state index contributed by atoms with van der Waals surface area (Å²) in [5.74, 6) is 1.17. The summed E-state index contributed by atoms with van der Waals surface area (Å²) in [4.78, 5) is 14.1. The Morgan fingerprint density at radius 2 is 2.14 bits per heavy atom. The van der Waals surface area contributed by atoms with Gasteiger partial charge in [-0.2, -0.15) is 0 Å². The van der Waals surface area contributed by atoms with Crippen LogP contribution in [0.3, 0.4) is 0 Å². The lowest BCUT2D eigenvalue weighted by Gasteiger charge is -2.31. The van der Waals surface area contributed by atoms with Gasteiger partial charge in [0.15, 0.2) is 0 Å². The number of hydrogen-bond acceptors (Lipinski definition) is 3. The van der Waals surface area contributed by atoms with Crippen molar-refractivity contribution in [3.05, 3.63) is 23.8 Å². The van der Waals surface area contributed by atoms with E-state index < -0.39 is 0 Å². The van der Waals surface area contributed by atoms with Crippen LogP contribution in [0.5, 0.6) is 5.75 Å². The molecule has 1 fully saturated rings. The molecule has 1 aromatic carbocycles. The highest BCUT2D eigenvalue weighted by Gasteiger charge is 2.22. The van der Waals surface area contributed by atoms with Crippen molar-refractivity contribution in [2.45, 2.75) is 33.1 Å². The Kier molecular flexibility index (Phi) is 6.07. The Morgan fingerprint density at radius 1 is 1.41 bits per heavy atom. The molecule has 0 spiro atoms. The summed E-state index contributed by atoms with van der Waals surface area (Å²) in [5.41, 5.74) is 1.81. The lowest BCUT2D eigenvalue weighted by atomic mass is 9.98. The van der Waals surface area contributed by atoms with E-state index in [1.165, 1.54) is 0 Å². The third-order valence-corrected chi connectivity index (χ3v) is 4.07. The number of carbonyl (C=O) groups excluding carboxylic acids is 1. The van der Waals surface area contributed by atoms with E-state index in [1.807, 2.05) is 30.0 Å².